The van der Waals surface area contributed by atoms with Crippen molar-refractivity contribution in [3.8, 4) is 0 Å². The standard InChI is InChI=1S/C29H25ClN/c1-2-7-24-11-3-4-12-25(24)13-6-10-22-8-5-9-23(20-22)14-18-28-19-16-26-15-17-27(30)21-29(26)31-28/h2-5,7-12,14-21H,6,13H2,1H3/b7-2+,18-14+. The summed E-state index contributed by atoms with van der Waals surface area (Å²) in [4.78, 5) is 4.70. The number of nitrogens with zero attached hydrogens (tertiary/aromatic N) is 1. The van der Waals surface area contributed by atoms with Crippen LogP contribution in [0.5, 0.6) is 0 Å². The quantitative estimate of drug-likeness (QED) is 0.292. The van der Waals surface area contributed by atoms with Crippen molar-refractivity contribution < 1.29 is 0 Å². The molecule has 0 bridgehead atoms. The number of allylic oxidation sites excluding steroid dienone is 1. The van der Waals surface area contributed by atoms with Crippen LogP contribution in [-0.2, 0) is 6.42 Å². The van der Waals surface area contributed by atoms with Crippen LogP contribution < -0.4 is 0 Å². The highest BCUT2D eigenvalue weighted by Crippen LogP contribution is 2.20. The van der Waals surface area contributed by atoms with Crippen LogP contribution >= 0.6 is 11.6 Å². The molecular weight excluding hydrogens is 398 g/mol. The minimum atomic E-state index is 0.706. The zero-order chi connectivity index (χ0) is 21.5. The zero-order valence-corrected chi connectivity index (χ0v) is 18.4. The number of aromatic nitrogens is 1. The topological polar surface area (TPSA) is 12.9 Å². The summed E-state index contributed by atoms with van der Waals surface area (Å²) in [5, 5.41) is 1.80. The van der Waals surface area contributed by atoms with Gasteiger partial charge in [-0.15, -0.1) is 0 Å². The van der Waals surface area contributed by atoms with E-state index < -0.39 is 0 Å². The molecule has 31 heavy (non-hydrogen) atoms. The second-order valence-corrected chi connectivity index (χ2v) is 7.95. The van der Waals surface area contributed by atoms with Gasteiger partial charge in [0.15, 0.2) is 0 Å². The van der Waals surface area contributed by atoms with Crippen molar-refractivity contribution in [1.29, 1.82) is 0 Å². The maximum absolute atomic E-state index is 6.10. The van der Waals surface area contributed by atoms with Crippen LogP contribution in [0.25, 0.3) is 29.1 Å². The number of halogens is 1. The number of rotatable bonds is 7. The van der Waals surface area contributed by atoms with E-state index in [1.807, 2.05) is 30.3 Å². The Kier molecular flexibility index (Phi) is 6.96. The third kappa shape index (κ3) is 5.71. The van der Waals surface area contributed by atoms with Crippen molar-refractivity contribution in [2.75, 3.05) is 0 Å². The molecule has 1 radical (unpaired) electrons. The summed E-state index contributed by atoms with van der Waals surface area (Å²) in [6.07, 6.45) is 12.8. The molecule has 2 heteroatoms. The first-order valence-corrected chi connectivity index (χ1v) is 11.0. The lowest BCUT2D eigenvalue weighted by molar-refractivity contribution is 0.948. The van der Waals surface area contributed by atoms with E-state index in [9.17, 15) is 0 Å². The minimum Gasteiger partial charge on any atom is -0.248 e. The lowest BCUT2D eigenvalue weighted by atomic mass is 9.99. The SMILES string of the molecule is C/C=C/c1ccccc1CC[CH]c1cccc(/C=C/c2ccc3ccc(Cl)cc3n2)c1. The van der Waals surface area contributed by atoms with Gasteiger partial charge in [0.1, 0.15) is 0 Å². The van der Waals surface area contributed by atoms with Crippen molar-refractivity contribution in [2.24, 2.45) is 0 Å². The van der Waals surface area contributed by atoms with E-state index in [0.717, 1.165) is 35.0 Å². The third-order valence-electron chi connectivity index (χ3n) is 5.23. The summed E-state index contributed by atoms with van der Waals surface area (Å²) in [5.74, 6) is 0. The van der Waals surface area contributed by atoms with Crippen molar-refractivity contribution in [2.45, 2.75) is 19.8 Å². The van der Waals surface area contributed by atoms with Crippen LogP contribution in [-0.4, -0.2) is 4.98 Å². The van der Waals surface area contributed by atoms with Gasteiger partial charge in [-0.3, -0.25) is 0 Å². The highest BCUT2D eigenvalue weighted by Gasteiger charge is 2.01. The molecule has 3 aromatic carbocycles. The van der Waals surface area contributed by atoms with E-state index in [0.29, 0.717) is 5.02 Å². The van der Waals surface area contributed by atoms with Gasteiger partial charge in [0.2, 0.25) is 0 Å². The molecule has 0 aliphatic rings. The fourth-order valence-corrected chi connectivity index (χ4v) is 3.83. The second kappa shape index (κ2) is 10.2. The number of fused-ring (bicyclic) bond motifs is 1. The molecule has 0 unspecified atom stereocenters. The molecule has 0 amide bonds. The fourth-order valence-electron chi connectivity index (χ4n) is 3.67. The average Bonchev–Trinajstić information content (AvgIpc) is 2.79. The van der Waals surface area contributed by atoms with Crippen LogP contribution in [0.1, 0.15) is 41.3 Å². The van der Waals surface area contributed by atoms with Crippen LogP contribution in [0.2, 0.25) is 5.02 Å². The van der Waals surface area contributed by atoms with Gasteiger partial charge in [-0.2, -0.15) is 0 Å². The lowest BCUT2D eigenvalue weighted by Gasteiger charge is -2.07. The first-order chi connectivity index (χ1) is 15.2. The lowest BCUT2D eigenvalue weighted by Crippen LogP contribution is -1.91. The molecule has 0 fully saturated rings. The van der Waals surface area contributed by atoms with Crippen LogP contribution in [0.4, 0.5) is 0 Å². The fraction of sp³-hybridized carbons (Fsp3) is 0.103. The summed E-state index contributed by atoms with van der Waals surface area (Å²) >= 11 is 6.10. The van der Waals surface area contributed by atoms with Crippen LogP contribution in [0.15, 0.2) is 84.9 Å². The molecule has 0 atom stereocenters. The molecule has 0 spiro atoms. The van der Waals surface area contributed by atoms with Crippen LogP contribution in [0.3, 0.4) is 0 Å². The van der Waals surface area contributed by atoms with Gasteiger partial charge in [-0.25, -0.2) is 4.98 Å². The Morgan fingerprint density at radius 2 is 1.65 bits per heavy atom. The van der Waals surface area contributed by atoms with E-state index in [2.05, 4.69) is 86.2 Å². The molecule has 0 N–H and O–H groups in total. The summed E-state index contributed by atoms with van der Waals surface area (Å²) in [7, 11) is 0. The molecular formula is C29H25ClN. The number of pyridine rings is 1. The highest BCUT2D eigenvalue weighted by atomic mass is 35.5. The van der Waals surface area contributed by atoms with Gasteiger partial charge < -0.3 is 0 Å². The Hall–Kier alpha value is -3.16. The zero-order valence-electron chi connectivity index (χ0n) is 17.6. The van der Waals surface area contributed by atoms with Gasteiger partial charge in [-0.1, -0.05) is 90.5 Å². The van der Waals surface area contributed by atoms with Gasteiger partial charge >= 0.3 is 0 Å². The third-order valence-corrected chi connectivity index (χ3v) is 5.46. The highest BCUT2D eigenvalue weighted by molar-refractivity contribution is 6.31. The summed E-state index contributed by atoms with van der Waals surface area (Å²) in [6.45, 7) is 2.06. The van der Waals surface area contributed by atoms with Crippen molar-refractivity contribution in [1.82, 2.24) is 4.98 Å². The number of hydrogen-bond donors (Lipinski definition) is 0. The molecule has 1 aromatic heterocycles. The average molecular weight is 423 g/mol. The van der Waals surface area contributed by atoms with Crippen LogP contribution in [0, 0.1) is 6.42 Å². The van der Waals surface area contributed by atoms with E-state index in [4.69, 9.17) is 16.6 Å². The molecule has 1 heterocycles. The first kappa shape index (κ1) is 21.1. The number of hydrogen-bond acceptors (Lipinski definition) is 1. The Morgan fingerprint density at radius 3 is 2.55 bits per heavy atom. The normalized spacial score (nSPS) is 11.7. The van der Waals surface area contributed by atoms with E-state index in [1.54, 1.807) is 0 Å². The molecule has 0 saturated carbocycles. The molecule has 0 saturated heterocycles. The van der Waals surface area contributed by atoms with Gasteiger partial charge in [0.05, 0.1) is 11.2 Å². The first-order valence-electron chi connectivity index (χ1n) is 10.6. The maximum Gasteiger partial charge on any atom is 0.0724 e. The van der Waals surface area contributed by atoms with Crippen molar-refractivity contribution in [3.05, 3.63) is 124 Å². The van der Waals surface area contributed by atoms with Crippen molar-refractivity contribution in [3.63, 3.8) is 0 Å². The predicted octanol–water partition coefficient (Wildman–Crippen LogP) is 8.28. The largest absolute Gasteiger partial charge is 0.248 e. The Morgan fingerprint density at radius 1 is 0.806 bits per heavy atom. The summed E-state index contributed by atoms with van der Waals surface area (Å²) in [6, 6.07) is 27.1. The molecule has 1 nitrogen and oxygen atoms in total. The smallest absolute Gasteiger partial charge is 0.0724 e. The molecule has 0 aliphatic carbocycles. The number of aryl methyl sites for hydroxylation is 1. The monoisotopic (exact) mass is 422 g/mol. The number of benzene rings is 3. The Balaban J connectivity index is 1.41. The van der Waals surface area contributed by atoms with Gasteiger partial charge in [0, 0.05) is 10.4 Å². The predicted molar refractivity (Wildman–Crippen MR) is 135 cm³/mol. The molecule has 0 aliphatic heterocycles. The minimum absolute atomic E-state index is 0.706. The Bertz CT molecular complexity index is 1240. The molecule has 153 valence electrons. The second-order valence-electron chi connectivity index (χ2n) is 7.52. The van der Waals surface area contributed by atoms with E-state index in [1.165, 1.54) is 16.7 Å². The van der Waals surface area contributed by atoms with Gasteiger partial charge in [0.25, 0.3) is 0 Å². The van der Waals surface area contributed by atoms with E-state index in [-0.39, 0.29) is 0 Å². The summed E-state index contributed by atoms with van der Waals surface area (Å²) < 4.78 is 0. The Labute approximate surface area is 189 Å². The van der Waals surface area contributed by atoms with Crippen molar-refractivity contribution >= 4 is 40.7 Å². The molecule has 4 rings (SSSR count). The van der Waals surface area contributed by atoms with E-state index >= 15 is 0 Å². The summed E-state index contributed by atoms with van der Waals surface area (Å²) in [5.41, 5.74) is 6.93. The molecule has 4 aromatic rings. The maximum atomic E-state index is 6.10. The van der Waals surface area contributed by atoms with Gasteiger partial charge in [-0.05, 0) is 72.7 Å².